The van der Waals surface area contributed by atoms with Crippen molar-refractivity contribution in [3.05, 3.63) is 33.3 Å². The Morgan fingerprint density at radius 1 is 1.42 bits per heavy atom. The standard InChI is InChI=1S/C13H14ClNO4/c14-11-6-5-10(15(17)18)7-13(11)19-8-12(16)9-3-1-2-4-9/h5-7,9H,1-4,8H2. The molecule has 1 aromatic carbocycles. The van der Waals surface area contributed by atoms with Crippen LogP contribution in [0, 0.1) is 16.0 Å². The number of Topliss-reactive ketones (excluding diaryl/α,β-unsaturated/α-hetero) is 1. The maximum atomic E-state index is 11.8. The Labute approximate surface area is 115 Å². The molecule has 1 fully saturated rings. The third kappa shape index (κ3) is 3.44. The smallest absolute Gasteiger partial charge is 0.273 e. The van der Waals surface area contributed by atoms with Gasteiger partial charge < -0.3 is 4.74 Å². The van der Waals surface area contributed by atoms with Gasteiger partial charge in [-0.25, -0.2) is 0 Å². The number of hydrogen-bond acceptors (Lipinski definition) is 4. The molecule has 6 heteroatoms. The van der Waals surface area contributed by atoms with Gasteiger partial charge in [-0.1, -0.05) is 24.4 Å². The second-order valence-corrected chi connectivity index (χ2v) is 5.02. The van der Waals surface area contributed by atoms with Crippen molar-refractivity contribution in [2.45, 2.75) is 25.7 Å². The van der Waals surface area contributed by atoms with Crippen LogP contribution in [0.3, 0.4) is 0 Å². The van der Waals surface area contributed by atoms with E-state index >= 15 is 0 Å². The van der Waals surface area contributed by atoms with E-state index in [0.29, 0.717) is 0 Å². The van der Waals surface area contributed by atoms with E-state index in [4.69, 9.17) is 16.3 Å². The third-order valence-electron chi connectivity index (χ3n) is 3.31. The maximum Gasteiger partial charge on any atom is 0.273 e. The van der Waals surface area contributed by atoms with Crippen LogP contribution in [0.4, 0.5) is 5.69 Å². The highest BCUT2D eigenvalue weighted by atomic mass is 35.5. The number of nitro groups is 1. The number of carbonyl (C=O) groups excluding carboxylic acids is 1. The van der Waals surface area contributed by atoms with Crippen LogP contribution in [-0.4, -0.2) is 17.3 Å². The molecule has 1 saturated carbocycles. The number of halogens is 1. The molecule has 1 aromatic rings. The molecule has 0 bridgehead atoms. The van der Waals surface area contributed by atoms with Gasteiger partial charge in [0.1, 0.15) is 12.4 Å². The number of nitro benzene ring substituents is 1. The molecular weight excluding hydrogens is 270 g/mol. The molecule has 0 aliphatic heterocycles. The highest BCUT2D eigenvalue weighted by Gasteiger charge is 2.23. The minimum absolute atomic E-state index is 0.0417. The molecule has 0 aromatic heterocycles. The highest BCUT2D eigenvalue weighted by Crippen LogP contribution is 2.30. The van der Waals surface area contributed by atoms with E-state index < -0.39 is 4.92 Å². The zero-order valence-corrected chi connectivity index (χ0v) is 11.1. The second kappa shape index (κ2) is 6.02. The Morgan fingerprint density at radius 2 is 2.11 bits per heavy atom. The van der Waals surface area contributed by atoms with Gasteiger partial charge in [0.05, 0.1) is 16.0 Å². The Bertz CT molecular complexity index is 497. The summed E-state index contributed by atoms with van der Waals surface area (Å²) in [6.45, 7) is -0.0778. The van der Waals surface area contributed by atoms with Crippen molar-refractivity contribution in [2.24, 2.45) is 5.92 Å². The molecule has 0 N–H and O–H groups in total. The number of carbonyl (C=O) groups is 1. The summed E-state index contributed by atoms with van der Waals surface area (Å²) < 4.78 is 5.32. The summed E-state index contributed by atoms with van der Waals surface area (Å²) in [4.78, 5) is 22.0. The van der Waals surface area contributed by atoms with Crippen molar-refractivity contribution in [1.29, 1.82) is 0 Å². The zero-order valence-electron chi connectivity index (χ0n) is 10.3. The number of ether oxygens (including phenoxy) is 1. The average molecular weight is 284 g/mol. The van der Waals surface area contributed by atoms with Crippen molar-refractivity contribution in [3.63, 3.8) is 0 Å². The summed E-state index contributed by atoms with van der Waals surface area (Å²) in [5, 5.41) is 10.9. The number of non-ortho nitro benzene ring substituents is 1. The molecule has 0 spiro atoms. The largest absolute Gasteiger partial charge is 0.484 e. The van der Waals surface area contributed by atoms with Crippen LogP contribution in [0.1, 0.15) is 25.7 Å². The molecule has 19 heavy (non-hydrogen) atoms. The van der Waals surface area contributed by atoms with Gasteiger partial charge in [0.15, 0.2) is 5.78 Å². The van der Waals surface area contributed by atoms with Crippen LogP contribution in [0.15, 0.2) is 18.2 Å². The van der Waals surface area contributed by atoms with Crippen LogP contribution in [-0.2, 0) is 4.79 Å². The molecule has 102 valence electrons. The Kier molecular flexibility index (Phi) is 4.37. The quantitative estimate of drug-likeness (QED) is 0.613. The van der Waals surface area contributed by atoms with E-state index in [0.717, 1.165) is 25.7 Å². The SMILES string of the molecule is O=C(COc1cc([N+](=O)[O-])ccc1Cl)C1CCCC1. The predicted molar refractivity (Wildman–Crippen MR) is 70.6 cm³/mol. The first-order valence-corrected chi connectivity index (χ1v) is 6.55. The molecule has 2 rings (SSSR count). The lowest BCUT2D eigenvalue weighted by Crippen LogP contribution is -2.19. The molecule has 0 unspecified atom stereocenters. The van der Waals surface area contributed by atoms with Crippen molar-refractivity contribution in [2.75, 3.05) is 6.61 Å². The lowest BCUT2D eigenvalue weighted by molar-refractivity contribution is -0.384. The highest BCUT2D eigenvalue weighted by molar-refractivity contribution is 6.32. The maximum absolute atomic E-state index is 11.8. The first-order chi connectivity index (χ1) is 9.08. The summed E-state index contributed by atoms with van der Waals surface area (Å²) in [7, 11) is 0. The van der Waals surface area contributed by atoms with Gasteiger partial charge in [0.2, 0.25) is 0 Å². The fraction of sp³-hybridized carbons (Fsp3) is 0.462. The molecule has 0 heterocycles. The van der Waals surface area contributed by atoms with E-state index in [9.17, 15) is 14.9 Å². The van der Waals surface area contributed by atoms with Gasteiger partial charge in [0.25, 0.3) is 5.69 Å². The second-order valence-electron chi connectivity index (χ2n) is 4.61. The zero-order chi connectivity index (χ0) is 13.8. The normalized spacial score (nSPS) is 15.4. The van der Waals surface area contributed by atoms with Crippen molar-refractivity contribution in [1.82, 2.24) is 0 Å². The van der Waals surface area contributed by atoms with Gasteiger partial charge >= 0.3 is 0 Å². The number of rotatable bonds is 5. The van der Waals surface area contributed by atoms with Crippen molar-refractivity contribution < 1.29 is 14.5 Å². The molecule has 0 amide bonds. The fourth-order valence-corrected chi connectivity index (χ4v) is 2.40. The van der Waals surface area contributed by atoms with Crippen LogP contribution < -0.4 is 4.74 Å². The summed E-state index contributed by atoms with van der Waals surface area (Å²) in [5.41, 5.74) is -0.104. The third-order valence-corrected chi connectivity index (χ3v) is 3.62. The Hall–Kier alpha value is -1.62. The topological polar surface area (TPSA) is 69.4 Å². The molecule has 0 radical (unpaired) electrons. The molecule has 0 saturated heterocycles. The number of benzene rings is 1. The number of nitrogens with zero attached hydrogens (tertiary/aromatic N) is 1. The number of ketones is 1. The van der Waals surface area contributed by atoms with E-state index in [-0.39, 0.29) is 34.8 Å². The van der Waals surface area contributed by atoms with E-state index in [1.54, 1.807) is 0 Å². The van der Waals surface area contributed by atoms with E-state index in [1.165, 1.54) is 18.2 Å². The first kappa shape index (κ1) is 13.8. The van der Waals surface area contributed by atoms with Crippen LogP contribution >= 0.6 is 11.6 Å². The molecular formula is C13H14ClNO4. The minimum Gasteiger partial charge on any atom is -0.484 e. The van der Waals surface area contributed by atoms with Crippen molar-refractivity contribution in [3.8, 4) is 5.75 Å². The molecule has 0 atom stereocenters. The summed E-state index contributed by atoms with van der Waals surface area (Å²) >= 11 is 5.89. The van der Waals surface area contributed by atoms with Gasteiger partial charge in [-0.15, -0.1) is 0 Å². The van der Waals surface area contributed by atoms with Crippen LogP contribution in [0.5, 0.6) is 5.75 Å². The lowest BCUT2D eigenvalue weighted by Gasteiger charge is -2.10. The fourth-order valence-electron chi connectivity index (χ4n) is 2.23. The van der Waals surface area contributed by atoms with Crippen molar-refractivity contribution >= 4 is 23.1 Å². The average Bonchev–Trinajstić information content (AvgIpc) is 2.91. The summed E-state index contributed by atoms with van der Waals surface area (Å²) in [5.74, 6) is 0.291. The number of hydrogen-bond donors (Lipinski definition) is 0. The van der Waals surface area contributed by atoms with Crippen LogP contribution in [0.25, 0.3) is 0 Å². The monoisotopic (exact) mass is 283 g/mol. The van der Waals surface area contributed by atoms with Gasteiger partial charge in [-0.2, -0.15) is 0 Å². The summed E-state index contributed by atoms with van der Waals surface area (Å²) in [6, 6.07) is 3.94. The Balaban J connectivity index is 2.00. The molecule has 1 aliphatic rings. The van der Waals surface area contributed by atoms with Gasteiger partial charge in [-0.05, 0) is 18.9 Å². The van der Waals surface area contributed by atoms with Crippen LogP contribution in [0.2, 0.25) is 5.02 Å². The molecule has 1 aliphatic carbocycles. The molecule has 5 nitrogen and oxygen atoms in total. The minimum atomic E-state index is -0.526. The van der Waals surface area contributed by atoms with E-state index in [1.807, 2.05) is 0 Å². The predicted octanol–water partition coefficient (Wildman–Crippen LogP) is 3.39. The van der Waals surface area contributed by atoms with E-state index in [2.05, 4.69) is 0 Å². The first-order valence-electron chi connectivity index (χ1n) is 6.17. The van der Waals surface area contributed by atoms with Gasteiger partial charge in [-0.3, -0.25) is 14.9 Å². The summed E-state index contributed by atoms with van der Waals surface area (Å²) in [6.07, 6.45) is 3.97. The lowest BCUT2D eigenvalue weighted by atomic mass is 10.0. The van der Waals surface area contributed by atoms with Gasteiger partial charge in [0, 0.05) is 12.0 Å². The Morgan fingerprint density at radius 3 is 2.74 bits per heavy atom.